The normalized spacial score (nSPS) is 21.0. The van der Waals surface area contributed by atoms with Crippen LogP contribution in [0.4, 0.5) is 0 Å². The fourth-order valence-electron chi connectivity index (χ4n) is 2.31. The van der Waals surface area contributed by atoms with Gasteiger partial charge in [0.2, 0.25) is 10.0 Å². The number of thiophene rings is 1. The fourth-order valence-corrected chi connectivity index (χ4v) is 3.84. The monoisotopic (exact) mass is 289 g/mol. The average molecular weight is 289 g/mol. The Kier molecular flexibility index (Phi) is 4.39. The lowest BCUT2D eigenvalue weighted by Crippen LogP contribution is -2.50. The molecule has 1 aliphatic heterocycles. The van der Waals surface area contributed by atoms with Crippen LogP contribution in [0.1, 0.15) is 11.6 Å². The van der Waals surface area contributed by atoms with Gasteiger partial charge in [0.15, 0.2) is 0 Å². The van der Waals surface area contributed by atoms with E-state index >= 15 is 0 Å². The summed E-state index contributed by atoms with van der Waals surface area (Å²) in [6.07, 6.45) is 1.27. The summed E-state index contributed by atoms with van der Waals surface area (Å²) < 4.78 is 24.4. The van der Waals surface area contributed by atoms with Gasteiger partial charge >= 0.3 is 0 Å². The molecule has 0 saturated carbocycles. The van der Waals surface area contributed by atoms with Crippen molar-refractivity contribution in [2.24, 2.45) is 5.73 Å². The highest BCUT2D eigenvalue weighted by Gasteiger charge is 2.27. The summed E-state index contributed by atoms with van der Waals surface area (Å²) in [7, 11) is -3.06. The molecule has 1 unspecified atom stereocenters. The van der Waals surface area contributed by atoms with Gasteiger partial charge < -0.3 is 5.73 Å². The molecule has 0 spiro atoms. The van der Waals surface area contributed by atoms with Crippen molar-refractivity contribution in [3.8, 4) is 0 Å². The number of rotatable bonds is 4. The van der Waals surface area contributed by atoms with Crippen LogP contribution in [0.3, 0.4) is 0 Å². The van der Waals surface area contributed by atoms with Crippen molar-refractivity contribution < 1.29 is 8.42 Å². The molecule has 1 atom stereocenters. The molecule has 2 rings (SSSR count). The van der Waals surface area contributed by atoms with Crippen molar-refractivity contribution >= 4 is 21.4 Å². The van der Waals surface area contributed by atoms with Gasteiger partial charge in [-0.15, -0.1) is 0 Å². The highest BCUT2D eigenvalue weighted by molar-refractivity contribution is 7.88. The molecule has 0 aliphatic carbocycles. The van der Waals surface area contributed by atoms with Gasteiger partial charge in [0, 0.05) is 38.8 Å². The Morgan fingerprint density at radius 2 is 2.06 bits per heavy atom. The molecule has 0 amide bonds. The molecule has 0 radical (unpaired) electrons. The van der Waals surface area contributed by atoms with E-state index in [-0.39, 0.29) is 6.04 Å². The summed E-state index contributed by atoms with van der Waals surface area (Å²) in [6, 6.07) is 2.29. The van der Waals surface area contributed by atoms with Crippen molar-refractivity contribution in [1.29, 1.82) is 0 Å². The van der Waals surface area contributed by atoms with Crippen LogP contribution in [0.15, 0.2) is 16.8 Å². The van der Waals surface area contributed by atoms with Crippen LogP contribution in [-0.2, 0) is 10.0 Å². The third kappa shape index (κ3) is 3.10. The molecule has 18 heavy (non-hydrogen) atoms. The van der Waals surface area contributed by atoms with E-state index in [1.165, 1.54) is 16.1 Å². The zero-order valence-corrected chi connectivity index (χ0v) is 12.1. The van der Waals surface area contributed by atoms with E-state index in [1.54, 1.807) is 11.3 Å². The third-order valence-electron chi connectivity index (χ3n) is 3.33. The van der Waals surface area contributed by atoms with Crippen LogP contribution in [0.2, 0.25) is 0 Å². The maximum atomic E-state index is 11.4. The highest BCUT2D eigenvalue weighted by atomic mass is 32.2. The Morgan fingerprint density at radius 3 is 2.50 bits per heavy atom. The van der Waals surface area contributed by atoms with Gasteiger partial charge in [0.25, 0.3) is 0 Å². The lowest BCUT2D eigenvalue weighted by molar-refractivity contribution is 0.141. The first kappa shape index (κ1) is 14.0. The van der Waals surface area contributed by atoms with Gasteiger partial charge in [-0.05, 0) is 22.4 Å². The first-order valence-electron chi connectivity index (χ1n) is 5.93. The maximum Gasteiger partial charge on any atom is 0.211 e. The first-order valence-corrected chi connectivity index (χ1v) is 8.73. The van der Waals surface area contributed by atoms with Crippen molar-refractivity contribution in [3.63, 3.8) is 0 Å². The van der Waals surface area contributed by atoms with Crippen LogP contribution >= 0.6 is 11.3 Å². The van der Waals surface area contributed by atoms with E-state index in [0.29, 0.717) is 19.6 Å². The van der Waals surface area contributed by atoms with Crippen molar-refractivity contribution in [2.75, 3.05) is 39.0 Å². The third-order valence-corrected chi connectivity index (χ3v) is 5.34. The van der Waals surface area contributed by atoms with E-state index in [9.17, 15) is 8.42 Å². The molecule has 1 saturated heterocycles. The first-order chi connectivity index (χ1) is 8.52. The van der Waals surface area contributed by atoms with Gasteiger partial charge in [-0.25, -0.2) is 8.42 Å². The molecule has 1 aliphatic rings. The molecule has 5 nitrogen and oxygen atoms in total. The van der Waals surface area contributed by atoms with Gasteiger partial charge in [-0.3, -0.25) is 4.90 Å². The SMILES string of the molecule is CS(=O)(=O)N1CCN(C(CN)c2ccsc2)CC1. The maximum absolute atomic E-state index is 11.4. The minimum absolute atomic E-state index is 0.206. The lowest BCUT2D eigenvalue weighted by Gasteiger charge is -2.37. The Balaban J connectivity index is 2.01. The predicted octanol–water partition coefficient (Wildman–Crippen LogP) is 0.325. The smallest absolute Gasteiger partial charge is 0.211 e. The molecule has 7 heteroatoms. The predicted molar refractivity (Wildman–Crippen MR) is 74.1 cm³/mol. The van der Waals surface area contributed by atoms with Crippen LogP contribution in [0, 0.1) is 0 Å². The van der Waals surface area contributed by atoms with Crippen LogP contribution < -0.4 is 5.73 Å². The molecule has 0 aromatic carbocycles. The Morgan fingerprint density at radius 1 is 1.39 bits per heavy atom. The average Bonchev–Trinajstić information content (AvgIpc) is 2.83. The van der Waals surface area contributed by atoms with E-state index in [2.05, 4.69) is 16.3 Å². The second-order valence-electron chi connectivity index (χ2n) is 4.51. The summed E-state index contributed by atoms with van der Waals surface area (Å²) in [4.78, 5) is 2.27. The minimum Gasteiger partial charge on any atom is -0.329 e. The van der Waals surface area contributed by atoms with Gasteiger partial charge in [-0.1, -0.05) is 0 Å². The number of sulfonamides is 1. The number of nitrogens with two attached hydrogens (primary N) is 1. The summed E-state index contributed by atoms with van der Waals surface area (Å²) in [5.74, 6) is 0. The second-order valence-corrected chi connectivity index (χ2v) is 7.27. The summed E-state index contributed by atoms with van der Waals surface area (Å²) in [5, 5.41) is 4.16. The van der Waals surface area contributed by atoms with Crippen LogP contribution in [0.25, 0.3) is 0 Å². The van der Waals surface area contributed by atoms with Crippen molar-refractivity contribution in [1.82, 2.24) is 9.21 Å². The Hall–Kier alpha value is -0.470. The highest BCUT2D eigenvalue weighted by Crippen LogP contribution is 2.23. The number of piperazine rings is 1. The van der Waals surface area contributed by atoms with Crippen molar-refractivity contribution in [3.05, 3.63) is 22.4 Å². The standard InChI is InChI=1S/C11H19N3O2S2/c1-18(15,16)14-5-3-13(4-6-14)11(8-12)10-2-7-17-9-10/h2,7,9,11H,3-6,8,12H2,1H3. The topological polar surface area (TPSA) is 66.6 Å². The summed E-state index contributed by atoms with van der Waals surface area (Å²) in [5.41, 5.74) is 7.08. The fraction of sp³-hybridized carbons (Fsp3) is 0.636. The van der Waals surface area contributed by atoms with Gasteiger partial charge in [-0.2, -0.15) is 15.6 Å². The van der Waals surface area contributed by atoms with Gasteiger partial charge in [0.05, 0.1) is 6.26 Å². The molecule has 102 valence electrons. The molecule has 2 N–H and O–H groups in total. The molecule has 1 aromatic heterocycles. The number of hydrogen-bond donors (Lipinski definition) is 1. The van der Waals surface area contributed by atoms with Crippen LogP contribution in [0.5, 0.6) is 0 Å². The lowest BCUT2D eigenvalue weighted by atomic mass is 10.1. The number of nitrogens with zero attached hydrogens (tertiary/aromatic N) is 2. The van der Waals surface area contributed by atoms with E-state index in [0.717, 1.165) is 13.1 Å². The summed E-state index contributed by atoms with van der Waals surface area (Å²) >= 11 is 1.66. The molecule has 1 aromatic rings. The Labute approximate surface area is 112 Å². The molecular weight excluding hydrogens is 270 g/mol. The zero-order chi connectivity index (χ0) is 13.2. The van der Waals surface area contributed by atoms with E-state index in [4.69, 9.17) is 5.73 Å². The zero-order valence-electron chi connectivity index (χ0n) is 10.4. The second kappa shape index (κ2) is 5.66. The van der Waals surface area contributed by atoms with Crippen LogP contribution in [-0.4, -0.2) is 56.6 Å². The molecule has 0 bridgehead atoms. The molecule has 1 fully saturated rings. The Bertz CT molecular complexity index is 464. The van der Waals surface area contributed by atoms with Gasteiger partial charge in [0.1, 0.15) is 0 Å². The van der Waals surface area contributed by atoms with Crippen molar-refractivity contribution in [2.45, 2.75) is 6.04 Å². The molecular formula is C11H19N3O2S2. The van der Waals surface area contributed by atoms with E-state index in [1.807, 2.05) is 5.38 Å². The summed E-state index contributed by atoms with van der Waals surface area (Å²) in [6.45, 7) is 3.16. The largest absolute Gasteiger partial charge is 0.329 e. The quantitative estimate of drug-likeness (QED) is 0.867. The minimum atomic E-state index is -3.06. The number of hydrogen-bond acceptors (Lipinski definition) is 5. The van der Waals surface area contributed by atoms with E-state index < -0.39 is 10.0 Å². The molecule has 2 heterocycles.